The lowest BCUT2D eigenvalue weighted by molar-refractivity contribution is -0.130. The number of pyridine rings is 1. The molecule has 176 valence electrons. The summed E-state index contributed by atoms with van der Waals surface area (Å²) in [5, 5.41) is 2.52. The number of nitrogens with zero attached hydrogens (tertiary/aromatic N) is 2. The fraction of sp³-hybridized carbons (Fsp3) is 0.682. The van der Waals surface area contributed by atoms with Crippen LogP contribution in [0.2, 0.25) is 0 Å². The molecular weight excluding hydrogens is 416 g/mol. The fourth-order valence-electron chi connectivity index (χ4n) is 3.50. The van der Waals surface area contributed by atoms with E-state index in [0.717, 1.165) is 0 Å². The maximum Gasteiger partial charge on any atom is 0.496 e. The molecule has 0 bridgehead atoms. The summed E-state index contributed by atoms with van der Waals surface area (Å²) in [6.45, 7) is 13.0. The predicted molar refractivity (Wildman–Crippen MR) is 119 cm³/mol. The van der Waals surface area contributed by atoms with Crippen LogP contribution < -0.4 is 10.8 Å². The van der Waals surface area contributed by atoms with Crippen molar-refractivity contribution in [1.82, 2.24) is 9.88 Å². The van der Waals surface area contributed by atoms with Crippen molar-refractivity contribution in [2.24, 2.45) is 0 Å². The van der Waals surface area contributed by atoms with Gasteiger partial charge in [-0.05, 0) is 67.4 Å². The quantitative estimate of drug-likeness (QED) is 0.714. The van der Waals surface area contributed by atoms with Gasteiger partial charge >= 0.3 is 13.2 Å². The van der Waals surface area contributed by atoms with E-state index in [1.165, 1.54) is 11.1 Å². The Morgan fingerprint density at radius 2 is 1.81 bits per heavy atom. The summed E-state index contributed by atoms with van der Waals surface area (Å²) in [6, 6.07) is 3.31. The van der Waals surface area contributed by atoms with Gasteiger partial charge in [-0.3, -0.25) is 4.79 Å². The second-order valence-corrected chi connectivity index (χ2v) is 10.5. The highest BCUT2D eigenvalue weighted by Gasteiger charge is 2.52. The third-order valence-electron chi connectivity index (χ3n) is 6.05. The lowest BCUT2D eigenvalue weighted by Gasteiger charge is -2.36. The number of aromatic nitrogens is 1. The van der Waals surface area contributed by atoms with Crippen molar-refractivity contribution in [3.8, 4) is 0 Å². The van der Waals surface area contributed by atoms with Gasteiger partial charge in [0.05, 0.1) is 17.7 Å². The number of rotatable bonds is 3. The van der Waals surface area contributed by atoms with Crippen molar-refractivity contribution in [1.29, 1.82) is 0 Å². The Hall–Kier alpha value is -2.20. The summed E-state index contributed by atoms with van der Waals surface area (Å²) in [5.74, 6) is -0.622. The average molecular weight is 449 g/mol. The third kappa shape index (κ3) is 5.23. The van der Waals surface area contributed by atoms with Crippen molar-refractivity contribution >= 4 is 30.4 Å². The largest absolute Gasteiger partial charge is 0.496 e. The average Bonchev–Trinajstić information content (AvgIpc) is 2.88. The topological polar surface area (TPSA) is 90.0 Å². The molecule has 0 radical (unpaired) electrons. The number of halogens is 1. The highest BCUT2D eigenvalue weighted by Crippen LogP contribution is 2.36. The predicted octanol–water partition coefficient (Wildman–Crippen LogP) is 3.06. The molecule has 0 saturated carbocycles. The summed E-state index contributed by atoms with van der Waals surface area (Å²) < 4.78 is 32.8. The highest BCUT2D eigenvalue weighted by atomic mass is 19.1. The molecule has 1 atom stereocenters. The van der Waals surface area contributed by atoms with Crippen LogP contribution in [0.3, 0.4) is 0 Å². The molecule has 1 aromatic rings. The number of hydrogen-bond donors (Lipinski definition) is 1. The zero-order valence-corrected chi connectivity index (χ0v) is 20.0. The molecule has 0 spiro atoms. The zero-order chi connectivity index (χ0) is 23.9. The van der Waals surface area contributed by atoms with Crippen molar-refractivity contribution in [3.05, 3.63) is 18.3 Å². The van der Waals surface area contributed by atoms with Crippen molar-refractivity contribution in [3.63, 3.8) is 0 Å². The summed E-state index contributed by atoms with van der Waals surface area (Å²) >= 11 is 0. The van der Waals surface area contributed by atoms with Crippen LogP contribution in [0.1, 0.15) is 61.3 Å². The monoisotopic (exact) mass is 449 g/mol. The van der Waals surface area contributed by atoms with Gasteiger partial charge in [0.1, 0.15) is 11.4 Å². The maximum absolute atomic E-state index is 15.5. The molecule has 0 unspecified atom stereocenters. The summed E-state index contributed by atoms with van der Waals surface area (Å²) in [4.78, 5) is 30.5. The smallest absolute Gasteiger partial charge is 0.444 e. The van der Waals surface area contributed by atoms with E-state index in [4.69, 9.17) is 14.0 Å². The molecule has 32 heavy (non-hydrogen) atoms. The lowest BCUT2D eigenvalue weighted by atomic mass is 9.80. The van der Waals surface area contributed by atoms with Gasteiger partial charge in [-0.25, -0.2) is 14.2 Å². The fourth-order valence-corrected chi connectivity index (χ4v) is 3.50. The summed E-state index contributed by atoms with van der Waals surface area (Å²) in [6.07, 6.45) is 1.29. The van der Waals surface area contributed by atoms with E-state index in [0.29, 0.717) is 18.4 Å². The zero-order valence-electron chi connectivity index (χ0n) is 20.0. The standard InChI is InChI=1S/C22H33BFN3O5/c1-19(2,3)30-18(29)27-12-8-11-22(24,14-27)17(28)26-16-10-9-15(13-25-16)23-31-20(4,5)21(6,7)32-23/h9-10,13H,8,11-12,14H2,1-7H3,(H,25,26,28)/t22-/m1/s1. The number of amides is 2. The second-order valence-electron chi connectivity index (χ2n) is 10.5. The number of piperidine rings is 1. The first-order chi connectivity index (χ1) is 14.6. The van der Waals surface area contributed by atoms with Gasteiger partial charge in [-0.1, -0.05) is 6.07 Å². The van der Waals surface area contributed by atoms with Crippen molar-refractivity contribution in [2.45, 2.75) is 83.8 Å². The molecule has 1 aromatic heterocycles. The Balaban J connectivity index is 1.63. The number of likely N-dealkylation sites (tertiary alicyclic amines) is 1. The number of nitrogens with one attached hydrogen (secondary N) is 1. The molecule has 2 amide bonds. The molecule has 1 N–H and O–H groups in total. The van der Waals surface area contributed by atoms with Crippen LogP contribution in [-0.4, -0.2) is 64.6 Å². The minimum Gasteiger partial charge on any atom is -0.444 e. The first-order valence-electron chi connectivity index (χ1n) is 10.9. The van der Waals surface area contributed by atoms with E-state index >= 15 is 4.39 Å². The van der Waals surface area contributed by atoms with Crippen LogP contribution in [0.25, 0.3) is 0 Å². The highest BCUT2D eigenvalue weighted by molar-refractivity contribution is 6.62. The minimum absolute atomic E-state index is 0.0180. The Morgan fingerprint density at radius 3 is 2.34 bits per heavy atom. The molecule has 8 nitrogen and oxygen atoms in total. The van der Waals surface area contributed by atoms with Crippen molar-refractivity contribution in [2.75, 3.05) is 18.4 Å². The van der Waals surface area contributed by atoms with Gasteiger partial charge in [-0.15, -0.1) is 0 Å². The summed E-state index contributed by atoms with van der Waals surface area (Å²) in [7, 11) is -0.578. The van der Waals surface area contributed by atoms with E-state index in [1.54, 1.807) is 32.9 Å². The van der Waals surface area contributed by atoms with Crippen LogP contribution in [0, 0.1) is 0 Å². The molecule has 10 heteroatoms. The Kier molecular flexibility index (Phi) is 6.34. The first kappa shape index (κ1) is 24.4. The van der Waals surface area contributed by atoms with Gasteiger partial charge in [0.2, 0.25) is 5.67 Å². The molecule has 2 fully saturated rings. The molecule has 0 aliphatic carbocycles. The number of hydrogen-bond acceptors (Lipinski definition) is 6. The van der Waals surface area contributed by atoms with E-state index in [9.17, 15) is 9.59 Å². The van der Waals surface area contributed by atoms with Crippen LogP contribution in [-0.2, 0) is 18.8 Å². The molecule has 0 aromatic carbocycles. The van der Waals surface area contributed by atoms with Crippen LogP contribution in [0.5, 0.6) is 0 Å². The lowest BCUT2D eigenvalue weighted by Crippen LogP contribution is -2.54. The molecule has 3 rings (SSSR count). The SMILES string of the molecule is CC(C)(C)OC(=O)N1CCC[C@](F)(C(=O)Nc2ccc(B3OC(C)(C)C(C)(C)O3)cn2)C1. The van der Waals surface area contributed by atoms with Crippen LogP contribution in [0.15, 0.2) is 18.3 Å². The molecule has 2 saturated heterocycles. The number of carbonyl (C=O) groups excluding carboxylic acids is 2. The molecule has 3 heterocycles. The number of anilines is 1. The van der Waals surface area contributed by atoms with E-state index in [-0.39, 0.29) is 18.8 Å². The maximum atomic E-state index is 15.5. The Labute approximate surface area is 189 Å². The number of ether oxygens (including phenoxy) is 1. The van der Waals surface area contributed by atoms with E-state index < -0.39 is 41.6 Å². The molecule has 2 aliphatic rings. The van der Waals surface area contributed by atoms with E-state index in [2.05, 4.69) is 10.3 Å². The first-order valence-corrected chi connectivity index (χ1v) is 10.9. The Morgan fingerprint density at radius 1 is 1.19 bits per heavy atom. The van der Waals surface area contributed by atoms with Crippen LogP contribution in [0.4, 0.5) is 15.0 Å². The van der Waals surface area contributed by atoms with Crippen LogP contribution >= 0.6 is 0 Å². The van der Waals surface area contributed by atoms with Crippen molar-refractivity contribution < 1.29 is 28.0 Å². The summed E-state index contributed by atoms with van der Waals surface area (Å²) in [5.41, 5.74) is -3.18. The third-order valence-corrected chi connectivity index (χ3v) is 6.05. The number of carbonyl (C=O) groups is 2. The normalized spacial score (nSPS) is 24.9. The van der Waals surface area contributed by atoms with Gasteiger partial charge < -0.3 is 24.3 Å². The van der Waals surface area contributed by atoms with E-state index in [1.807, 2.05) is 27.7 Å². The van der Waals surface area contributed by atoms with Gasteiger partial charge in [0.25, 0.3) is 5.91 Å². The molecular formula is C22H33BFN3O5. The van der Waals surface area contributed by atoms with Gasteiger partial charge in [0.15, 0.2) is 0 Å². The second kappa shape index (κ2) is 8.30. The number of alkyl halides is 1. The minimum atomic E-state index is -2.22. The van der Waals surface area contributed by atoms with Gasteiger partial charge in [0, 0.05) is 18.2 Å². The Bertz CT molecular complexity index is 855. The molecule has 2 aliphatic heterocycles. The van der Waals surface area contributed by atoms with Gasteiger partial charge in [-0.2, -0.15) is 0 Å².